The molecule has 9 nitrogen and oxygen atoms in total. The van der Waals surface area contributed by atoms with Crippen molar-refractivity contribution in [2.45, 2.75) is 20.4 Å². The number of ether oxygens (including phenoxy) is 1. The van der Waals surface area contributed by atoms with E-state index in [2.05, 4.69) is 25.0 Å². The zero-order valence-corrected chi connectivity index (χ0v) is 11.8. The van der Waals surface area contributed by atoms with Gasteiger partial charge in [0.15, 0.2) is 11.2 Å². The molecule has 2 heterocycles. The molecule has 0 aliphatic heterocycles. The maximum Gasteiger partial charge on any atom is 0.325 e. The molecule has 9 heteroatoms. The van der Waals surface area contributed by atoms with Gasteiger partial charge < -0.3 is 9.30 Å². The summed E-state index contributed by atoms with van der Waals surface area (Å²) in [4.78, 5) is 45.3. The molecule has 2 N–H and O–H groups in total. The summed E-state index contributed by atoms with van der Waals surface area (Å²) in [6.45, 7) is 3.31. The van der Waals surface area contributed by atoms with Crippen LogP contribution in [0, 0.1) is 5.92 Å². The van der Waals surface area contributed by atoms with Crippen LogP contribution in [0.3, 0.4) is 0 Å². The van der Waals surface area contributed by atoms with Gasteiger partial charge in [0.1, 0.15) is 6.54 Å². The number of carbonyl (C=O) groups excluding carboxylic acids is 2. The molecule has 2 aromatic heterocycles. The fraction of sp³-hybridized carbons (Fsp3) is 0.417. The number of hydrogen-bond acceptors (Lipinski definition) is 6. The van der Waals surface area contributed by atoms with Crippen molar-refractivity contribution in [3.63, 3.8) is 0 Å². The minimum absolute atomic E-state index is 0.0119. The van der Waals surface area contributed by atoms with Gasteiger partial charge in [-0.2, -0.15) is 4.98 Å². The van der Waals surface area contributed by atoms with Crippen LogP contribution in [0.15, 0.2) is 11.1 Å². The Labute approximate surface area is 119 Å². The minimum atomic E-state index is -0.498. The van der Waals surface area contributed by atoms with Crippen LogP contribution in [-0.4, -0.2) is 38.5 Å². The predicted octanol–water partition coefficient (Wildman–Crippen LogP) is -0.113. The lowest BCUT2D eigenvalue weighted by molar-refractivity contribution is -0.141. The highest BCUT2D eigenvalue weighted by atomic mass is 16.5. The van der Waals surface area contributed by atoms with E-state index >= 15 is 0 Å². The summed E-state index contributed by atoms with van der Waals surface area (Å²) in [6.07, 6.45) is 1.32. The summed E-state index contributed by atoms with van der Waals surface area (Å²) in [5.74, 6) is -1.02. The quantitative estimate of drug-likeness (QED) is 0.759. The first-order valence-corrected chi connectivity index (χ1v) is 6.25. The fourth-order valence-electron chi connectivity index (χ4n) is 1.59. The van der Waals surface area contributed by atoms with E-state index in [-0.39, 0.29) is 35.5 Å². The number of fused-ring (bicyclic) bond motifs is 1. The highest BCUT2D eigenvalue weighted by Crippen LogP contribution is 2.09. The van der Waals surface area contributed by atoms with E-state index in [1.807, 2.05) is 0 Å². The lowest BCUT2D eigenvalue weighted by Gasteiger charge is -2.07. The van der Waals surface area contributed by atoms with Crippen molar-refractivity contribution in [1.29, 1.82) is 0 Å². The molecule has 2 aromatic rings. The summed E-state index contributed by atoms with van der Waals surface area (Å²) in [6, 6.07) is 0. The van der Waals surface area contributed by atoms with Crippen molar-refractivity contribution in [3.8, 4) is 0 Å². The van der Waals surface area contributed by atoms with Crippen molar-refractivity contribution in [2.75, 3.05) is 12.4 Å². The van der Waals surface area contributed by atoms with Gasteiger partial charge in [-0.25, -0.2) is 4.98 Å². The van der Waals surface area contributed by atoms with Crippen LogP contribution in [0.25, 0.3) is 11.2 Å². The Kier molecular flexibility index (Phi) is 4.01. The second-order valence-corrected chi connectivity index (χ2v) is 4.68. The zero-order chi connectivity index (χ0) is 15.6. The molecule has 0 spiro atoms. The summed E-state index contributed by atoms with van der Waals surface area (Å²) in [5.41, 5.74) is -0.215. The Balaban J connectivity index is 2.42. The molecule has 112 valence electrons. The summed E-state index contributed by atoms with van der Waals surface area (Å²) in [5, 5.41) is 2.50. The molecule has 0 unspecified atom stereocenters. The van der Waals surface area contributed by atoms with Crippen molar-refractivity contribution >= 4 is 29.0 Å². The smallest absolute Gasteiger partial charge is 0.325 e. The molecule has 0 atom stereocenters. The van der Waals surface area contributed by atoms with Gasteiger partial charge in [0.05, 0.1) is 13.4 Å². The molecule has 21 heavy (non-hydrogen) atoms. The minimum Gasteiger partial charge on any atom is -0.468 e. The first kappa shape index (κ1) is 14.7. The molecule has 0 bridgehead atoms. The Hall–Kier alpha value is -2.71. The van der Waals surface area contributed by atoms with Crippen molar-refractivity contribution in [3.05, 3.63) is 16.7 Å². The lowest BCUT2D eigenvalue weighted by Crippen LogP contribution is -2.22. The molecule has 0 aliphatic rings. The summed E-state index contributed by atoms with van der Waals surface area (Å²) >= 11 is 0. The van der Waals surface area contributed by atoms with Gasteiger partial charge >= 0.3 is 5.97 Å². The van der Waals surface area contributed by atoms with Gasteiger partial charge in [0.2, 0.25) is 11.9 Å². The van der Waals surface area contributed by atoms with Crippen LogP contribution in [0.5, 0.6) is 0 Å². The molecule has 0 aliphatic carbocycles. The largest absolute Gasteiger partial charge is 0.468 e. The molecule has 0 aromatic carbocycles. The van der Waals surface area contributed by atoms with E-state index in [0.29, 0.717) is 0 Å². The van der Waals surface area contributed by atoms with Crippen LogP contribution in [0.2, 0.25) is 0 Å². The monoisotopic (exact) mass is 293 g/mol. The van der Waals surface area contributed by atoms with Crippen LogP contribution < -0.4 is 10.9 Å². The second-order valence-electron chi connectivity index (χ2n) is 4.68. The molecular formula is C12H15N5O4. The molecular weight excluding hydrogens is 278 g/mol. The van der Waals surface area contributed by atoms with Crippen molar-refractivity contribution in [1.82, 2.24) is 19.5 Å². The number of amides is 1. The van der Waals surface area contributed by atoms with Crippen molar-refractivity contribution in [2.24, 2.45) is 5.92 Å². The Morgan fingerprint density at radius 3 is 2.81 bits per heavy atom. The molecule has 0 fully saturated rings. The average molecular weight is 293 g/mol. The molecule has 2 rings (SSSR count). The number of nitrogens with one attached hydrogen (secondary N) is 2. The zero-order valence-electron chi connectivity index (χ0n) is 11.8. The van der Waals surface area contributed by atoms with E-state index in [9.17, 15) is 14.4 Å². The van der Waals surface area contributed by atoms with Gasteiger partial charge in [-0.15, -0.1) is 0 Å². The topological polar surface area (TPSA) is 119 Å². The number of H-pyrrole nitrogens is 1. The maximum absolute atomic E-state index is 11.9. The Morgan fingerprint density at radius 1 is 1.48 bits per heavy atom. The van der Waals surface area contributed by atoms with E-state index in [1.54, 1.807) is 13.8 Å². The number of aromatic nitrogens is 4. The second kappa shape index (κ2) is 5.73. The van der Waals surface area contributed by atoms with Crippen molar-refractivity contribution < 1.29 is 14.3 Å². The molecule has 0 saturated heterocycles. The molecule has 0 saturated carbocycles. The average Bonchev–Trinajstić information content (AvgIpc) is 2.82. The molecule has 0 radical (unpaired) electrons. The van der Waals surface area contributed by atoms with E-state index in [0.717, 1.165) is 0 Å². The first-order chi connectivity index (χ1) is 9.92. The Bertz CT molecular complexity index is 746. The van der Waals surface area contributed by atoms with Gasteiger partial charge in [-0.1, -0.05) is 13.8 Å². The lowest BCUT2D eigenvalue weighted by atomic mass is 10.2. The Morgan fingerprint density at radius 2 is 2.19 bits per heavy atom. The predicted molar refractivity (Wildman–Crippen MR) is 73.6 cm³/mol. The van der Waals surface area contributed by atoms with Crippen LogP contribution in [-0.2, 0) is 20.9 Å². The normalized spacial score (nSPS) is 10.9. The molecule has 1 amide bonds. The van der Waals surface area contributed by atoms with Gasteiger partial charge in [0, 0.05) is 5.92 Å². The third kappa shape index (κ3) is 3.07. The highest BCUT2D eigenvalue weighted by Gasteiger charge is 2.15. The van der Waals surface area contributed by atoms with Crippen LogP contribution in [0.4, 0.5) is 5.95 Å². The summed E-state index contributed by atoms with van der Waals surface area (Å²) < 4.78 is 5.93. The van der Waals surface area contributed by atoms with E-state index in [4.69, 9.17) is 0 Å². The number of rotatable bonds is 4. The first-order valence-electron chi connectivity index (χ1n) is 6.25. The van der Waals surface area contributed by atoms with E-state index in [1.165, 1.54) is 18.0 Å². The number of hydrogen-bond donors (Lipinski definition) is 2. The van der Waals surface area contributed by atoms with Gasteiger partial charge in [-0.3, -0.25) is 24.7 Å². The third-order valence-electron chi connectivity index (χ3n) is 2.77. The maximum atomic E-state index is 11.9. The number of imidazole rings is 1. The van der Waals surface area contributed by atoms with Crippen LogP contribution in [0.1, 0.15) is 13.8 Å². The number of aromatic amines is 1. The van der Waals surface area contributed by atoms with Crippen LogP contribution >= 0.6 is 0 Å². The summed E-state index contributed by atoms with van der Waals surface area (Å²) in [7, 11) is 1.26. The number of methoxy groups -OCH3 is 1. The fourth-order valence-corrected chi connectivity index (χ4v) is 1.59. The van der Waals surface area contributed by atoms with Gasteiger partial charge in [0.25, 0.3) is 5.56 Å². The SMILES string of the molecule is COC(=O)Cn1cnc2c(=O)[nH]c(NC(=O)C(C)C)nc21. The highest BCUT2D eigenvalue weighted by molar-refractivity contribution is 5.91. The number of anilines is 1. The number of nitrogens with zero attached hydrogens (tertiary/aromatic N) is 3. The third-order valence-corrected chi connectivity index (χ3v) is 2.77. The van der Waals surface area contributed by atoms with Gasteiger partial charge in [-0.05, 0) is 0 Å². The van der Waals surface area contributed by atoms with E-state index < -0.39 is 11.5 Å². The standard InChI is InChI=1S/C12H15N5O4/c1-6(2)10(19)15-12-14-9-8(11(20)16-12)13-5-17(9)4-7(18)21-3/h5-6H,4H2,1-3H3,(H2,14,15,16,19,20). The number of esters is 1. The number of carbonyl (C=O) groups is 2.